The summed E-state index contributed by atoms with van der Waals surface area (Å²) < 4.78 is 4.96. The Bertz CT molecular complexity index is 430. The maximum absolute atomic E-state index is 11.7. The molecule has 1 saturated carbocycles. The fourth-order valence-electron chi connectivity index (χ4n) is 2.51. The van der Waals surface area contributed by atoms with Crippen molar-refractivity contribution in [1.29, 1.82) is 0 Å². The van der Waals surface area contributed by atoms with Crippen LogP contribution in [0.25, 0.3) is 0 Å². The van der Waals surface area contributed by atoms with Crippen LogP contribution in [0.3, 0.4) is 0 Å². The SMILES string of the molecule is CCOC(=O)c1cc(N(C)C2CCCCC2)ncn1. The van der Waals surface area contributed by atoms with Crippen LogP contribution in [-0.2, 0) is 4.74 Å². The van der Waals surface area contributed by atoms with Crippen molar-refractivity contribution in [3.63, 3.8) is 0 Å². The number of esters is 1. The molecule has 1 aromatic rings. The molecule has 0 spiro atoms. The van der Waals surface area contributed by atoms with Crippen LogP contribution in [0.1, 0.15) is 49.5 Å². The van der Waals surface area contributed by atoms with Gasteiger partial charge in [0, 0.05) is 19.2 Å². The highest BCUT2D eigenvalue weighted by Gasteiger charge is 2.20. The molecule has 0 aliphatic heterocycles. The average Bonchev–Trinajstić information content (AvgIpc) is 2.48. The number of hydrogen-bond donors (Lipinski definition) is 0. The van der Waals surface area contributed by atoms with Crippen molar-refractivity contribution < 1.29 is 9.53 Å². The molecule has 1 aliphatic carbocycles. The van der Waals surface area contributed by atoms with Crippen molar-refractivity contribution in [2.45, 2.75) is 45.1 Å². The number of hydrogen-bond acceptors (Lipinski definition) is 5. The van der Waals surface area contributed by atoms with Crippen LogP contribution in [0.4, 0.5) is 5.82 Å². The van der Waals surface area contributed by atoms with Gasteiger partial charge in [0.15, 0.2) is 5.69 Å². The predicted octanol–water partition coefficient (Wildman–Crippen LogP) is 2.42. The Kier molecular flexibility index (Phi) is 4.71. The summed E-state index contributed by atoms with van der Waals surface area (Å²) in [5.41, 5.74) is 0.328. The van der Waals surface area contributed by atoms with E-state index >= 15 is 0 Å². The Labute approximate surface area is 114 Å². The predicted molar refractivity (Wildman–Crippen MR) is 73.3 cm³/mol. The molecule has 0 aromatic carbocycles. The molecule has 2 rings (SSSR count). The minimum absolute atomic E-state index is 0.328. The van der Waals surface area contributed by atoms with E-state index in [4.69, 9.17) is 4.74 Å². The van der Waals surface area contributed by atoms with E-state index in [9.17, 15) is 4.79 Å². The Hall–Kier alpha value is -1.65. The van der Waals surface area contributed by atoms with E-state index in [0.717, 1.165) is 5.82 Å². The number of carbonyl (C=O) groups is 1. The van der Waals surface area contributed by atoms with Crippen LogP contribution >= 0.6 is 0 Å². The van der Waals surface area contributed by atoms with Crippen molar-refractivity contribution in [3.05, 3.63) is 18.1 Å². The molecule has 5 heteroatoms. The highest BCUT2D eigenvalue weighted by atomic mass is 16.5. The second-order valence-electron chi connectivity index (χ2n) is 4.88. The number of ether oxygens (including phenoxy) is 1. The number of anilines is 1. The van der Waals surface area contributed by atoms with Crippen LogP contribution in [0.15, 0.2) is 12.4 Å². The van der Waals surface area contributed by atoms with Crippen LogP contribution in [-0.4, -0.2) is 35.6 Å². The fraction of sp³-hybridized carbons (Fsp3) is 0.643. The first-order chi connectivity index (χ1) is 9.22. The van der Waals surface area contributed by atoms with Crippen molar-refractivity contribution in [1.82, 2.24) is 9.97 Å². The van der Waals surface area contributed by atoms with Gasteiger partial charge in [0.25, 0.3) is 0 Å². The number of aromatic nitrogens is 2. The first kappa shape index (κ1) is 13.8. The minimum atomic E-state index is -0.386. The van der Waals surface area contributed by atoms with Gasteiger partial charge in [0.1, 0.15) is 12.1 Å². The van der Waals surface area contributed by atoms with Crippen LogP contribution in [0.2, 0.25) is 0 Å². The molecule has 5 nitrogen and oxygen atoms in total. The molecule has 0 atom stereocenters. The second-order valence-corrected chi connectivity index (χ2v) is 4.88. The highest BCUT2D eigenvalue weighted by molar-refractivity contribution is 5.87. The quantitative estimate of drug-likeness (QED) is 0.781. The third-order valence-corrected chi connectivity index (χ3v) is 3.62. The normalized spacial score (nSPS) is 16.1. The minimum Gasteiger partial charge on any atom is -0.461 e. The standard InChI is InChI=1S/C14H21N3O2/c1-3-19-14(18)12-9-13(16-10-15-12)17(2)11-7-5-4-6-8-11/h9-11H,3-8H2,1-2H3. The average molecular weight is 263 g/mol. The summed E-state index contributed by atoms with van der Waals surface area (Å²) in [5, 5.41) is 0. The Morgan fingerprint density at radius 3 is 2.79 bits per heavy atom. The van der Waals surface area contributed by atoms with E-state index in [1.54, 1.807) is 13.0 Å². The topological polar surface area (TPSA) is 55.3 Å². The van der Waals surface area contributed by atoms with E-state index < -0.39 is 0 Å². The first-order valence-corrected chi connectivity index (χ1v) is 6.94. The second kappa shape index (κ2) is 6.50. The van der Waals surface area contributed by atoms with E-state index in [2.05, 4.69) is 14.9 Å². The molecule has 19 heavy (non-hydrogen) atoms. The molecule has 0 radical (unpaired) electrons. The summed E-state index contributed by atoms with van der Waals surface area (Å²) in [6.07, 6.45) is 7.67. The lowest BCUT2D eigenvalue weighted by molar-refractivity contribution is 0.0519. The van der Waals surface area contributed by atoms with E-state index in [1.807, 2.05) is 7.05 Å². The van der Waals surface area contributed by atoms with Crippen molar-refractivity contribution >= 4 is 11.8 Å². The van der Waals surface area contributed by atoms with Gasteiger partial charge in [-0.3, -0.25) is 0 Å². The Morgan fingerprint density at radius 2 is 2.11 bits per heavy atom. The molecule has 0 amide bonds. The van der Waals surface area contributed by atoms with Gasteiger partial charge < -0.3 is 9.64 Å². The zero-order valence-electron chi connectivity index (χ0n) is 11.6. The summed E-state index contributed by atoms with van der Waals surface area (Å²) in [4.78, 5) is 22.1. The molecule has 1 fully saturated rings. The number of carbonyl (C=O) groups excluding carboxylic acids is 1. The van der Waals surface area contributed by atoms with E-state index in [0.29, 0.717) is 18.3 Å². The maximum atomic E-state index is 11.7. The molecule has 0 N–H and O–H groups in total. The monoisotopic (exact) mass is 263 g/mol. The van der Waals surface area contributed by atoms with Crippen LogP contribution < -0.4 is 4.90 Å². The molecule has 1 aliphatic rings. The molecule has 104 valence electrons. The van der Waals surface area contributed by atoms with Gasteiger partial charge >= 0.3 is 5.97 Å². The lowest BCUT2D eigenvalue weighted by Crippen LogP contribution is -2.34. The number of rotatable bonds is 4. The van der Waals surface area contributed by atoms with Crippen LogP contribution in [0, 0.1) is 0 Å². The largest absolute Gasteiger partial charge is 0.461 e. The van der Waals surface area contributed by atoms with Gasteiger partial charge in [-0.2, -0.15) is 0 Å². The van der Waals surface area contributed by atoms with Crippen LogP contribution in [0.5, 0.6) is 0 Å². The maximum Gasteiger partial charge on any atom is 0.357 e. The summed E-state index contributed by atoms with van der Waals surface area (Å²) in [5.74, 6) is 0.410. The third-order valence-electron chi connectivity index (χ3n) is 3.62. The fourth-order valence-corrected chi connectivity index (χ4v) is 2.51. The summed E-state index contributed by atoms with van der Waals surface area (Å²) in [6, 6.07) is 2.23. The van der Waals surface area contributed by atoms with E-state index in [-0.39, 0.29) is 5.97 Å². The molecular formula is C14H21N3O2. The van der Waals surface area contributed by atoms with Crippen molar-refractivity contribution in [2.24, 2.45) is 0 Å². The Morgan fingerprint density at radius 1 is 1.37 bits per heavy atom. The third kappa shape index (κ3) is 3.43. The van der Waals surface area contributed by atoms with Crippen molar-refractivity contribution in [2.75, 3.05) is 18.6 Å². The molecule has 1 heterocycles. The van der Waals surface area contributed by atoms with Gasteiger partial charge in [-0.1, -0.05) is 19.3 Å². The highest BCUT2D eigenvalue weighted by Crippen LogP contribution is 2.24. The van der Waals surface area contributed by atoms with Crippen molar-refractivity contribution in [3.8, 4) is 0 Å². The molecule has 0 unspecified atom stereocenters. The lowest BCUT2D eigenvalue weighted by atomic mass is 9.94. The molecule has 0 bridgehead atoms. The summed E-state index contributed by atoms with van der Waals surface area (Å²) in [6.45, 7) is 2.14. The lowest BCUT2D eigenvalue weighted by Gasteiger charge is -2.32. The summed E-state index contributed by atoms with van der Waals surface area (Å²) in [7, 11) is 2.03. The first-order valence-electron chi connectivity index (χ1n) is 6.94. The zero-order chi connectivity index (χ0) is 13.7. The van der Waals surface area contributed by atoms with Gasteiger partial charge in [0.05, 0.1) is 6.61 Å². The van der Waals surface area contributed by atoms with Gasteiger partial charge in [-0.15, -0.1) is 0 Å². The van der Waals surface area contributed by atoms with Gasteiger partial charge in [-0.05, 0) is 19.8 Å². The number of nitrogens with zero attached hydrogens (tertiary/aromatic N) is 3. The molecule has 1 aromatic heterocycles. The molecular weight excluding hydrogens is 242 g/mol. The zero-order valence-corrected chi connectivity index (χ0v) is 11.6. The van der Waals surface area contributed by atoms with E-state index in [1.165, 1.54) is 38.4 Å². The molecule has 0 saturated heterocycles. The van der Waals surface area contributed by atoms with Gasteiger partial charge in [0.2, 0.25) is 0 Å². The van der Waals surface area contributed by atoms with Gasteiger partial charge in [-0.25, -0.2) is 14.8 Å². The Balaban J connectivity index is 2.10. The smallest absolute Gasteiger partial charge is 0.357 e. The summed E-state index contributed by atoms with van der Waals surface area (Å²) >= 11 is 0.